The van der Waals surface area contributed by atoms with Crippen molar-refractivity contribution in [3.8, 4) is 5.75 Å². The molecular weight excluding hydrogens is 240 g/mol. The third-order valence-electron chi connectivity index (χ3n) is 2.44. The number of aliphatic hydroxyl groups excluding tert-OH is 1. The lowest BCUT2D eigenvalue weighted by atomic mass is 10.1. The maximum atomic E-state index is 11.2. The number of benzene rings is 1. The van der Waals surface area contributed by atoms with Gasteiger partial charge in [-0.2, -0.15) is 0 Å². The Morgan fingerprint density at radius 1 is 1.41 bits per heavy atom. The van der Waals surface area contributed by atoms with E-state index in [9.17, 15) is 13.5 Å². The van der Waals surface area contributed by atoms with Crippen molar-refractivity contribution in [1.82, 2.24) is 0 Å². The first-order valence-corrected chi connectivity index (χ1v) is 7.38. The van der Waals surface area contributed by atoms with Crippen LogP contribution in [0.4, 0.5) is 0 Å². The topological polar surface area (TPSA) is 63.6 Å². The molecule has 0 unspecified atom stereocenters. The summed E-state index contributed by atoms with van der Waals surface area (Å²) in [6, 6.07) is 7.01. The second-order valence-electron chi connectivity index (χ2n) is 3.83. The Labute approximate surface area is 102 Å². The largest absolute Gasteiger partial charge is 0.493 e. The molecule has 0 aliphatic carbocycles. The molecule has 1 atom stereocenters. The molecule has 0 aliphatic heterocycles. The number of rotatable bonds is 6. The lowest BCUT2D eigenvalue weighted by Crippen LogP contribution is -2.15. The Kier molecular flexibility index (Phi) is 4.96. The SMILES string of the molecule is CCS(=O)(=O)CCOc1cccc([C@@H](C)O)c1. The molecule has 0 radical (unpaired) electrons. The highest BCUT2D eigenvalue weighted by molar-refractivity contribution is 7.91. The first-order valence-electron chi connectivity index (χ1n) is 5.56. The second kappa shape index (κ2) is 6.02. The molecule has 1 N–H and O–H groups in total. The van der Waals surface area contributed by atoms with Crippen molar-refractivity contribution in [3.63, 3.8) is 0 Å². The van der Waals surface area contributed by atoms with E-state index in [-0.39, 0.29) is 18.1 Å². The Hall–Kier alpha value is -1.07. The van der Waals surface area contributed by atoms with Crippen LogP contribution in [-0.4, -0.2) is 31.6 Å². The van der Waals surface area contributed by atoms with Crippen molar-refractivity contribution >= 4 is 9.84 Å². The summed E-state index contributed by atoms with van der Waals surface area (Å²) in [4.78, 5) is 0. The van der Waals surface area contributed by atoms with Gasteiger partial charge in [0.25, 0.3) is 0 Å². The summed E-state index contributed by atoms with van der Waals surface area (Å²) >= 11 is 0. The summed E-state index contributed by atoms with van der Waals surface area (Å²) in [6.45, 7) is 3.42. The summed E-state index contributed by atoms with van der Waals surface area (Å²) in [6.07, 6.45) is -0.557. The molecule has 0 heterocycles. The van der Waals surface area contributed by atoms with Gasteiger partial charge in [0.05, 0.1) is 11.9 Å². The smallest absolute Gasteiger partial charge is 0.153 e. The highest BCUT2D eigenvalue weighted by atomic mass is 32.2. The van der Waals surface area contributed by atoms with E-state index in [4.69, 9.17) is 4.74 Å². The van der Waals surface area contributed by atoms with Gasteiger partial charge < -0.3 is 9.84 Å². The molecule has 0 aliphatic rings. The minimum absolute atomic E-state index is 0.0163. The van der Waals surface area contributed by atoms with Crippen molar-refractivity contribution in [3.05, 3.63) is 29.8 Å². The van der Waals surface area contributed by atoms with Crippen LogP contribution < -0.4 is 4.74 Å². The van der Waals surface area contributed by atoms with E-state index in [2.05, 4.69) is 0 Å². The molecule has 0 spiro atoms. The molecule has 96 valence electrons. The van der Waals surface area contributed by atoms with Crippen molar-refractivity contribution in [1.29, 1.82) is 0 Å². The third kappa shape index (κ3) is 4.75. The van der Waals surface area contributed by atoms with E-state index in [1.54, 1.807) is 38.1 Å². The Bertz CT molecular complexity index is 451. The van der Waals surface area contributed by atoms with E-state index in [0.717, 1.165) is 5.56 Å². The van der Waals surface area contributed by atoms with Crippen LogP contribution >= 0.6 is 0 Å². The Balaban J connectivity index is 2.55. The van der Waals surface area contributed by atoms with Crippen LogP contribution in [0.5, 0.6) is 5.75 Å². The van der Waals surface area contributed by atoms with Gasteiger partial charge in [0.1, 0.15) is 12.4 Å². The summed E-state index contributed by atoms with van der Waals surface area (Å²) < 4.78 is 27.8. The average Bonchev–Trinajstić information content (AvgIpc) is 2.29. The van der Waals surface area contributed by atoms with Crippen molar-refractivity contribution in [2.45, 2.75) is 20.0 Å². The Morgan fingerprint density at radius 2 is 2.12 bits per heavy atom. The van der Waals surface area contributed by atoms with Crippen LogP contribution in [0.2, 0.25) is 0 Å². The first-order chi connectivity index (χ1) is 7.94. The Morgan fingerprint density at radius 3 is 2.71 bits per heavy atom. The zero-order valence-corrected chi connectivity index (χ0v) is 10.9. The molecule has 5 heteroatoms. The number of sulfone groups is 1. The van der Waals surface area contributed by atoms with Gasteiger partial charge >= 0.3 is 0 Å². The fourth-order valence-corrected chi connectivity index (χ4v) is 1.92. The first kappa shape index (κ1) is 14.0. The summed E-state index contributed by atoms with van der Waals surface area (Å²) in [5.41, 5.74) is 0.751. The third-order valence-corrected chi connectivity index (χ3v) is 4.11. The summed E-state index contributed by atoms with van der Waals surface area (Å²) in [5, 5.41) is 9.39. The minimum Gasteiger partial charge on any atom is -0.493 e. The van der Waals surface area contributed by atoms with E-state index in [0.29, 0.717) is 5.75 Å². The molecule has 17 heavy (non-hydrogen) atoms. The molecular formula is C12H18O4S. The fourth-order valence-electron chi connectivity index (χ4n) is 1.30. The predicted octanol–water partition coefficient (Wildman–Crippen LogP) is 1.55. The van der Waals surface area contributed by atoms with Crippen LogP contribution in [0.3, 0.4) is 0 Å². The van der Waals surface area contributed by atoms with Crippen LogP contribution in [0.15, 0.2) is 24.3 Å². The summed E-state index contributed by atoms with van der Waals surface area (Å²) in [7, 11) is -2.99. The number of hydrogen-bond acceptors (Lipinski definition) is 4. The zero-order chi connectivity index (χ0) is 12.9. The quantitative estimate of drug-likeness (QED) is 0.841. The number of aliphatic hydroxyl groups is 1. The van der Waals surface area contributed by atoms with Gasteiger partial charge in [-0.05, 0) is 24.6 Å². The predicted molar refractivity (Wildman–Crippen MR) is 66.9 cm³/mol. The van der Waals surface area contributed by atoms with Crippen LogP contribution in [0.25, 0.3) is 0 Å². The van der Waals surface area contributed by atoms with E-state index >= 15 is 0 Å². The van der Waals surface area contributed by atoms with Gasteiger partial charge in [-0.3, -0.25) is 0 Å². The highest BCUT2D eigenvalue weighted by Gasteiger charge is 2.08. The average molecular weight is 258 g/mol. The van der Waals surface area contributed by atoms with Gasteiger partial charge in [-0.1, -0.05) is 19.1 Å². The van der Waals surface area contributed by atoms with Crippen molar-refractivity contribution in [2.75, 3.05) is 18.1 Å². The molecule has 0 bridgehead atoms. The van der Waals surface area contributed by atoms with Gasteiger partial charge in [0.15, 0.2) is 9.84 Å². The molecule has 0 aromatic heterocycles. The van der Waals surface area contributed by atoms with Gasteiger partial charge in [0, 0.05) is 5.75 Å². The molecule has 4 nitrogen and oxygen atoms in total. The summed E-state index contributed by atoms with van der Waals surface area (Å²) in [5.74, 6) is 0.724. The monoisotopic (exact) mass is 258 g/mol. The fraction of sp³-hybridized carbons (Fsp3) is 0.500. The molecule has 0 fully saturated rings. The van der Waals surface area contributed by atoms with Crippen LogP contribution in [-0.2, 0) is 9.84 Å². The highest BCUT2D eigenvalue weighted by Crippen LogP contribution is 2.18. The second-order valence-corrected chi connectivity index (χ2v) is 6.31. The van der Waals surface area contributed by atoms with Crippen molar-refractivity contribution in [2.24, 2.45) is 0 Å². The number of ether oxygens (including phenoxy) is 1. The van der Waals surface area contributed by atoms with Gasteiger partial charge in [-0.25, -0.2) is 8.42 Å². The van der Waals surface area contributed by atoms with Crippen LogP contribution in [0.1, 0.15) is 25.5 Å². The lowest BCUT2D eigenvalue weighted by molar-refractivity contribution is 0.198. The van der Waals surface area contributed by atoms with Crippen LogP contribution in [0, 0.1) is 0 Å². The molecule has 0 saturated carbocycles. The number of hydrogen-bond donors (Lipinski definition) is 1. The molecule has 1 rings (SSSR count). The van der Waals surface area contributed by atoms with Crippen molar-refractivity contribution < 1.29 is 18.3 Å². The standard InChI is InChI=1S/C12H18O4S/c1-3-17(14,15)8-7-16-12-6-4-5-11(9-12)10(2)13/h4-6,9-10,13H,3,7-8H2,1-2H3/t10-/m1/s1. The maximum absolute atomic E-state index is 11.2. The normalized spacial score (nSPS) is 13.4. The molecule has 0 saturated heterocycles. The molecule has 0 amide bonds. The van der Waals surface area contributed by atoms with E-state index in [1.165, 1.54) is 0 Å². The van der Waals surface area contributed by atoms with Gasteiger partial charge in [-0.15, -0.1) is 0 Å². The lowest BCUT2D eigenvalue weighted by Gasteiger charge is -2.09. The minimum atomic E-state index is -2.99. The molecule has 1 aromatic carbocycles. The van der Waals surface area contributed by atoms with E-state index < -0.39 is 15.9 Å². The zero-order valence-electron chi connectivity index (χ0n) is 10.1. The molecule has 1 aromatic rings. The van der Waals surface area contributed by atoms with Gasteiger partial charge in [0.2, 0.25) is 0 Å². The maximum Gasteiger partial charge on any atom is 0.153 e. The van der Waals surface area contributed by atoms with E-state index in [1.807, 2.05) is 0 Å².